The first kappa shape index (κ1) is 28.1. The number of nitrogens with one attached hydrogen (secondary N) is 5. The molecule has 182 valence electrons. The van der Waals surface area contributed by atoms with Crippen LogP contribution in [0.2, 0.25) is 0 Å². The van der Waals surface area contributed by atoms with Gasteiger partial charge in [-0.25, -0.2) is 4.79 Å². The van der Waals surface area contributed by atoms with E-state index >= 15 is 0 Å². The van der Waals surface area contributed by atoms with Crippen LogP contribution in [0.5, 0.6) is 0 Å². The van der Waals surface area contributed by atoms with Gasteiger partial charge < -0.3 is 37.1 Å². The van der Waals surface area contributed by atoms with Gasteiger partial charge in [-0.05, 0) is 24.6 Å². The Labute approximate surface area is 205 Å². The Morgan fingerprint density at radius 2 is 1.67 bits per heavy atom. The number of ether oxygens (including phenoxy) is 1. The lowest BCUT2D eigenvalue weighted by molar-refractivity contribution is -0.128. The van der Waals surface area contributed by atoms with Crippen LogP contribution >= 0.6 is 22.6 Å². The number of alkyl halides is 1. The fraction of sp³-hybridized carbons (Fsp3) is 0.450. The Hall–Kier alpha value is -2.94. The molecule has 0 saturated heterocycles. The van der Waals surface area contributed by atoms with E-state index in [1.165, 1.54) is 6.92 Å². The van der Waals surface area contributed by atoms with Gasteiger partial charge in [-0.15, -0.1) is 0 Å². The van der Waals surface area contributed by atoms with Crippen molar-refractivity contribution < 1.29 is 28.7 Å². The van der Waals surface area contributed by atoms with Crippen molar-refractivity contribution in [2.75, 3.05) is 35.9 Å². The van der Waals surface area contributed by atoms with Gasteiger partial charge in [-0.3, -0.25) is 19.2 Å². The molecule has 5 amide bonds. The van der Waals surface area contributed by atoms with Crippen LogP contribution in [0.25, 0.3) is 0 Å². The Morgan fingerprint density at radius 1 is 0.970 bits per heavy atom. The largest absolute Gasteiger partial charge is 0.445 e. The number of amides is 5. The third kappa shape index (κ3) is 12.6. The third-order valence-corrected chi connectivity index (χ3v) is 4.71. The maximum absolute atomic E-state index is 12.3. The zero-order valence-corrected chi connectivity index (χ0v) is 20.4. The molecule has 1 aromatic rings. The zero-order chi connectivity index (χ0) is 24.6. The van der Waals surface area contributed by atoms with Crippen molar-refractivity contribution in [1.82, 2.24) is 21.3 Å². The first-order valence-corrected chi connectivity index (χ1v) is 11.7. The van der Waals surface area contributed by atoms with Crippen molar-refractivity contribution in [1.29, 1.82) is 0 Å². The average Bonchev–Trinajstić information content (AvgIpc) is 2.80. The van der Waals surface area contributed by atoms with Gasteiger partial charge in [0.15, 0.2) is 0 Å². The highest BCUT2D eigenvalue weighted by Gasteiger charge is 2.16. The first-order valence-electron chi connectivity index (χ1n) is 10.1. The summed E-state index contributed by atoms with van der Waals surface area (Å²) in [5.41, 5.74) is 6.51. The molecule has 0 heterocycles. The number of nitrogens with two attached hydrogens (primary N) is 1. The fourth-order valence-corrected chi connectivity index (χ4v) is 2.57. The van der Waals surface area contributed by atoms with Crippen molar-refractivity contribution in [2.24, 2.45) is 5.73 Å². The number of hydrogen-bond acceptors (Lipinski definition) is 7. The van der Waals surface area contributed by atoms with Crippen molar-refractivity contribution in [3.63, 3.8) is 0 Å². The molecule has 1 rings (SSSR count). The summed E-state index contributed by atoms with van der Waals surface area (Å²) in [6.07, 6.45) is -0.521. The van der Waals surface area contributed by atoms with Gasteiger partial charge in [-0.2, -0.15) is 0 Å². The van der Waals surface area contributed by atoms with Crippen LogP contribution in [0.15, 0.2) is 24.3 Å². The van der Waals surface area contributed by atoms with Crippen LogP contribution < -0.4 is 32.3 Å². The molecule has 1 atom stereocenters. The number of halogens is 1. The Kier molecular flexibility index (Phi) is 13.4. The van der Waals surface area contributed by atoms with Gasteiger partial charge in [0.2, 0.25) is 23.6 Å². The number of alkyl carbamates (subject to hydrolysis) is 1. The molecule has 0 aliphatic rings. The molecule has 0 aromatic heterocycles. The summed E-state index contributed by atoms with van der Waals surface area (Å²) in [5.74, 6) is -1.53. The van der Waals surface area contributed by atoms with E-state index in [0.717, 1.165) is 5.56 Å². The van der Waals surface area contributed by atoms with Gasteiger partial charge >= 0.3 is 6.09 Å². The SMILES string of the molecule is C[C@H](NC(=O)CNC(=O)CCNC(=O)CI)C(=O)Nc1ccc(COC(=O)NCCN)cc1. The standard InChI is InChI=1S/C20H29IN6O6/c1-13(26-18(30)11-25-16(28)6-8-23-17(29)10-21)19(31)27-15-4-2-14(3-5-15)12-33-20(32)24-9-7-22/h2-5,13H,6-12,22H2,1H3,(H,23,29)(H,24,32)(H,25,28)(H,26,30)(H,27,31)/t13-/m0/s1. The Morgan fingerprint density at radius 3 is 2.30 bits per heavy atom. The summed E-state index contributed by atoms with van der Waals surface area (Å²) in [6, 6.07) is 5.81. The molecule has 1 aromatic carbocycles. The fourth-order valence-electron chi connectivity index (χ4n) is 2.30. The highest BCUT2D eigenvalue weighted by molar-refractivity contribution is 14.1. The quantitative estimate of drug-likeness (QED) is 0.134. The zero-order valence-electron chi connectivity index (χ0n) is 18.2. The lowest BCUT2D eigenvalue weighted by Crippen LogP contribution is -2.46. The lowest BCUT2D eigenvalue weighted by atomic mass is 10.2. The van der Waals surface area contributed by atoms with Gasteiger partial charge in [0.05, 0.1) is 11.0 Å². The summed E-state index contributed by atoms with van der Waals surface area (Å²) in [5, 5.41) is 12.6. The number of benzene rings is 1. The van der Waals surface area contributed by atoms with Crippen molar-refractivity contribution in [2.45, 2.75) is 26.0 Å². The van der Waals surface area contributed by atoms with E-state index in [1.54, 1.807) is 24.3 Å². The summed E-state index contributed by atoms with van der Waals surface area (Å²) in [6.45, 7) is 2.11. The van der Waals surface area contributed by atoms with Gasteiger partial charge in [0.25, 0.3) is 0 Å². The Bertz CT molecular complexity index is 820. The molecule has 0 radical (unpaired) electrons. The predicted octanol–water partition coefficient (Wildman–Crippen LogP) is -0.628. The van der Waals surface area contributed by atoms with Gasteiger partial charge in [-0.1, -0.05) is 34.7 Å². The molecule has 0 aliphatic carbocycles. The molecule has 0 bridgehead atoms. The van der Waals surface area contributed by atoms with Gasteiger partial charge in [0, 0.05) is 31.7 Å². The van der Waals surface area contributed by atoms with Crippen LogP contribution in [0, 0.1) is 0 Å². The van der Waals surface area contributed by atoms with Gasteiger partial charge in [0.1, 0.15) is 12.6 Å². The predicted molar refractivity (Wildman–Crippen MR) is 129 cm³/mol. The van der Waals surface area contributed by atoms with Crippen molar-refractivity contribution in [3.8, 4) is 0 Å². The summed E-state index contributed by atoms with van der Waals surface area (Å²) in [4.78, 5) is 58.4. The van der Waals surface area contributed by atoms with E-state index in [-0.39, 0.29) is 32.0 Å². The van der Waals surface area contributed by atoms with Crippen LogP contribution in [0.1, 0.15) is 18.9 Å². The average molecular weight is 576 g/mol. The maximum Gasteiger partial charge on any atom is 0.407 e. The van der Waals surface area contributed by atoms with Crippen LogP contribution in [-0.2, 0) is 30.5 Å². The minimum atomic E-state index is -0.841. The molecule has 7 N–H and O–H groups in total. The monoisotopic (exact) mass is 576 g/mol. The normalized spacial score (nSPS) is 11.0. The molecule has 0 unspecified atom stereocenters. The topological polar surface area (TPSA) is 181 Å². The molecule has 0 saturated carbocycles. The third-order valence-electron chi connectivity index (χ3n) is 4.02. The Balaban J connectivity index is 2.33. The second-order valence-corrected chi connectivity index (χ2v) is 7.54. The molecule has 0 fully saturated rings. The highest BCUT2D eigenvalue weighted by atomic mass is 127. The number of hydrogen-bond donors (Lipinski definition) is 6. The molecule has 13 heteroatoms. The second-order valence-electron chi connectivity index (χ2n) is 6.78. The van der Waals surface area contributed by atoms with Crippen LogP contribution in [0.3, 0.4) is 0 Å². The molecular weight excluding hydrogens is 547 g/mol. The molecule has 12 nitrogen and oxygen atoms in total. The van der Waals surface area contributed by atoms with Crippen LogP contribution in [-0.4, -0.2) is 66.4 Å². The van der Waals surface area contributed by atoms with Crippen LogP contribution in [0.4, 0.5) is 10.5 Å². The number of carbonyl (C=O) groups excluding carboxylic acids is 5. The van der Waals surface area contributed by atoms with Crippen molar-refractivity contribution >= 4 is 58.0 Å². The van der Waals surface area contributed by atoms with E-state index < -0.39 is 29.9 Å². The molecule has 33 heavy (non-hydrogen) atoms. The highest BCUT2D eigenvalue weighted by Crippen LogP contribution is 2.11. The number of carbonyl (C=O) groups is 5. The summed E-state index contributed by atoms with van der Waals surface area (Å²) >= 11 is 1.91. The van der Waals surface area contributed by atoms with E-state index in [1.807, 2.05) is 22.6 Å². The minimum absolute atomic E-state index is 0.0467. The summed E-state index contributed by atoms with van der Waals surface area (Å²) in [7, 11) is 0. The maximum atomic E-state index is 12.3. The van der Waals surface area contributed by atoms with E-state index in [4.69, 9.17) is 10.5 Å². The van der Waals surface area contributed by atoms with Crippen molar-refractivity contribution in [3.05, 3.63) is 29.8 Å². The molecule has 0 aliphatic heterocycles. The first-order chi connectivity index (χ1) is 15.7. The van der Waals surface area contributed by atoms with E-state index in [0.29, 0.717) is 23.2 Å². The second kappa shape index (κ2) is 15.8. The number of rotatable bonds is 13. The smallest absolute Gasteiger partial charge is 0.407 e. The lowest BCUT2D eigenvalue weighted by Gasteiger charge is -2.15. The number of anilines is 1. The molecule has 0 spiro atoms. The minimum Gasteiger partial charge on any atom is -0.445 e. The summed E-state index contributed by atoms with van der Waals surface area (Å²) < 4.78 is 5.32. The van der Waals surface area contributed by atoms with E-state index in [2.05, 4.69) is 26.6 Å². The molecular formula is C20H29IN6O6. The van der Waals surface area contributed by atoms with E-state index in [9.17, 15) is 24.0 Å².